The summed E-state index contributed by atoms with van der Waals surface area (Å²) < 4.78 is 8.22. The van der Waals surface area contributed by atoms with Gasteiger partial charge in [-0.25, -0.2) is 15.0 Å². The molecule has 0 aliphatic carbocycles. The number of imidazole rings is 1. The number of nitrogen functional groups attached to an aromatic ring is 1. The number of aryl methyl sites for hydroxylation is 1. The molecule has 0 bridgehead atoms. The molecular formula is C23H24N6O. The number of hydrogen-bond acceptors (Lipinski definition) is 6. The van der Waals surface area contributed by atoms with Crippen molar-refractivity contribution in [1.82, 2.24) is 19.5 Å². The van der Waals surface area contributed by atoms with Crippen LogP contribution in [-0.2, 0) is 19.5 Å². The minimum Gasteiger partial charge on any atom is -0.477 e. The Bertz CT molecular complexity index is 1170. The standard InChI is InChI=1S/C23H24N6O/c24-23-20-2-1-19(13-18(20)4-7-27-23)28-14-16-3-6-26-22(12-16)30-15-17-5-9-29-10-8-25-21(29)11-17/h1-4,6-8,10,12-13,17,28H,5,9,11,14-15H2,(H2,24,27)/t17-/m1/s1. The number of fused-ring (bicyclic) bond motifs is 2. The van der Waals surface area contributed by atoms with Crippen LogP contribution in [0.15, 0.2) is 61.2 Å². The van der Waals surface area contributed by atoms with Crippen LogP contribution in [0.3, 0.4) is 0 Å². The van der Waals surface area contributed by atoms with Gasteiger partial charge in [-0.3, -0.25) is 0 Å². The van der Waals surface area contributed by atoms with Crippen molar-refractivity contribution >= 4 is 22.3 Å². The highest BCUT2D eigenvalue weighted by molar-refractivity contribution is 5.92. The molecule has 7 heteroatoms. The second-order valence-electron chi connectivity index (χ2n) is 7.69. The number of rotatable bonds is 6. The zero-order chi connectivity index (χ0) is 20.3. The predicted octanol–water partition coefficient (Wildman–Crippen LogP) is 3.66. The number of anilines is 2. The Morgan fingerprint density at radius 2 is 2.00 bits per heavy atom. The molecule has 0 saturated heterocycles. The maximum absolute atomic E-state index is 6.00. The Labute approximate surface area is 174 Å². The Morgan fingerprint density at radius 1 is 1.07 bits per heavy atom. The summed E-state index contributed by atoms with van der Waals surface area (Å²) in [4.78, 5) is 12.9. The summed E-state index contributed by atoms with van der Waals surface area (Å²) in [5.74, 6) is 2.84. The fraction of sp³-hybridized carbons (Fsp3) is 0.261. The number of pyridine rings is 2. The third-order valence-corrected chi connectivity index (χ3v) is 5.61. The molecule has 30 heavy (non-hydrogen) atoms. The van der Waals surface area contributed by atoms with E-state index in [1.54, 1.807) is 12.4 Å². The van der Waals surface area contributed by atoms with Crippen molar-refractivity contribution in [1.29, 1.82) is 0 Å². The number of nitrogens with two attached hydrogens (primary N) is 1. The van der Waals surface area contributed by atoms with Crippen molar-refractivity contribution in [2.45, 2.75) is 25.9 Å². The fourth-order valence-corrected chi connectivity index (χ4v) is 3.92. The van der Waals surface area contributed by atoms with Crippen molar-refractivity contribution in [3.05, 3.63) is 72.6 Å². The number of nitrogens with one attached hydrogen (secondary N) is 1. The van der Waals surface area contributed by atoms with E-state index in [2.05, 4.69) is 30.9 Å². The maximum Gasteiger partial charge on any atom is 0.213 e. The van der Waals surface area contributed by atoms with E-state index in [1.165, 1.54) is 0 Å². The minimum atomic E-state index is 0.475. The third kappa shape index (κ3) is 3.91. The Morgan fingerprint density at radius 3 is 2.97 bits per heavy atom. The van der Waals surface area contributed by atoms with Crippen LogP contribution in [0.4, 0.5) is 11.5 Å². The smallest absolute Gasteiger partial charge is 0.213 e. The summed E-state index contributed by atoms with van der Waals surface area (Å²) in [7, 11) is 0. The highest BCUT2D eigenvalue weighted by atomic mass is 16.5. The minimum absolute atomic E-state index is 0.475. The van der Waals surface area contributed by atoms with Crippen molar-refractivity contribution in [2.24, 2.45) is 5.92 Å². The summed E-state index contributed by atoms with van der Waals surface area (Å²) in [6.45, 7) is 2.36. The van der Waals surface area contributed by atoms with Crippen molar-refractivity contribution < 1.29 is 4.74 Å². The first kappa shape index (κ1) is 18.4. The summed E-state index contributed by atoms with van der Waals surface area (Å²) in [5, 5.41) is 5.49. The Hall–Kier alpha value is -3.61. The first-order chi connectivity index (χ1) is 14.7. The van der Waals surface area contributed by atoms with Gasteiger partial charge < -0.3 is 20.4 Å². The second kappa shape index (κ2) is 8.02. The van der Waals surface area contributed by atoms with Gasteiger partial charge in [0.2, 0.25) is 5.88 Å². The summed E-state index contributed by atoms with van der Waals surface area (Å²) in [6, 6.07) is 12.1. The topological polar surface area (TPSA) is 90.9 Å². The molecule has 4 aromatic rings. The summed E-state index contributed by atoms with van der Waals surface area (Å²) >= 11 is 0. The fourth-order valence-electron chi connectivity index (χ4n) is 3.92. The number of nitrogens with zero attached hydrogens (tertiary/aromatic N) is 4. The maximum atomic E-state index is 6.00. The zero-order valence-electron chi connectivity index (χ0n) is 16.7. The lowest BCUT2D eigenvalue weighted by molar-refractivity contribution is 0.212. The molecule has 1 aliphatic rings. The van der Waals surface area contributed by atoms with Crippen LogP contribution < -0.4 is 15.8 Å². The van der Waals surface area contributed by atoms with E-state index in [0.29, 0.717) is 30.8 Å². The van der Waals surface area contributed by atoms with Gasteiger partial charge in [-0.2, -0.15) is 0 Å². The van der Waals surface area contributed by atoms with Crippen molar-refractivity contribution in [3.8, 4) is 5.88 Å². The number of benzene rings is 1. The second-order valence-corrected chi connectivity index (χ2v) is 7.69. The molecule has 0 unspecified atom stereocenters. The number of hydrogen-bond donors (Lipinski definition) is 2. The lowest BCUT2D eigenvalue weighted by atomic mass is 9.99. The monoisotopic (exact) mass is 400 g/mol. The molecule has 0 fully saturated rings. The van der Waals surface area contributed by atoms with Crippen LogP contribution in [0.2, 0.25) is 0 Å². The van der Waals surface area contributed by atoms with E-state index in [4.69, 9.17) is 10.5 Å². The molecule has 3 aromatic heterocycles. The first-order valence-corrected chi connectivity index (χ1v) is 10.2. The van der Waals surface area contributed by atoms with Crippen LogP contribution in [0.5, 0.6) is 5.88 Å². The van der Waals surface area contributed by atoms with E-state index in [9.17, 15) is 0 Å². The van der Waals surface area contributed by atoms with E-state index < -0.39 is 0 Å². The van der Waals surface area contributed by atoms with Crippen LogP contribution in [-0.4, -0.2) is 26.1 Å². The first-order valence-electron chi connectivity index (χ1n) is 10.2. The van der Waals surface area contributed by atoms with Gasteiger partial charge in [0.15, 0.2) is 0 Å². The highest BCUT2D eigenvalue weighted by Crippen LogP contribution is 2.23. The molecule has 3 N–H and O–H groups in total. The molecule has 4 heterocycles. The van der Waals surface area contributed by atoms with E-state index in [0.717, 1.165) is 47.2 Å². The van der Waals surface area contributed by atoms with E-state index >= 15 is 0 Å². The van der Waals surface area contributed by atoms with Gasteiger partial charge >= 0.3 is 0 Å². The van der Waals surface area contributed by atoms with Crippen molar-refractivity contribution in [2.75, 3.05) is 17.7 Å². The molecule has 0 amide bonds. The molecule has 152 valence electrons. The SMILES string of the molecule is Nc1nccc2cc(NCc3ccnc(OC[C@@H]4CCn5ccnc5C4)c3)ccc12. The van der Waals surface area contributed by atoms with Crippen molar-refractivity contribution in [3.63, 3.8) is 0 Å². The molecule has 7 nitrogen and oxygen atoms in total. The molecule has 0 radical (unpaired) electrons. The average molecular weight is 400 g/mol. The number of aromatic nitrogens is 4. The van der Waals surface area contributed by atoms with Crippen LogP contribution in [0.25, 0.3) is 10.8 Å². The van der Waals surface area contributed by atoms with Gasteiger partial charge in [-0.05, 0) is 47.7 Å². The Kier molecular flexibility index (Phi) is 4.93. The van der Waals surface area contributed by atoms with Gasteiger partial charge in [-0.1, -0.05) is 0 Å². The molecule has 5 rings (SSSR count). The lowest BCUT2D eigenvalue weighted by Gasteiger charge is -2.23. The van der Waals surface area contributed by atoms with E-state index in [1.807, 2.05) is 42.7 Å². The summed E-state index contributed by atoms with van der Waals surface area (Å²) in [5.41, 5.74) is 8.08. The van der Waals surface area contributed by atoms with E-state index in [-0.39, 0.29) is 0 Å². The van der Waals surface area contributed by atoms with Gasteiger partial charge in [0, 0.05) is 67.4 Å². The molecule has 1 aromatic carbocycles. The zero-order valence-corrected chi connectivity index (χ0v) is 16.7. The molecule has 0 spiro atoms. The predicted molar refractivity (Wildman–Crippen MR) is 117 cm³/mol. The Balaban J connectivity index is 1.19. The largest absolute Gasteiger partial charge is 0.477 e. The van der Waals surface area contributed by atoms with Gasteiger partial charge in [-0.15, -0.1) is 0 Å². The van der Waals surface area contributed by atoms with Crippen LogP contribution in [0.1, 0.15) is 17.8 Å². The number of ether oxygens (including phenoxy) is 1. The van der Waals surface area contributed by atoms with Gasteiger partial charge in [0.1, 0.15) is 11.6 Å². The molecule has 1 atom stereocenters. The normalized spacial score (nSPS) is 15.7. The average Bonchev–Trinajstić information content (AvgIpc) is 3.25. The van der Waals surface area contributed by atoms with Crippen LogP contribution in [0, 0.1) is 5.92 Å². The molecular weight excluding hydrogens is 376 g/mol. The molecule has 1 aliphatic heterocycles. The lowest BCUT2D eigenvalue weighted by Crippen LogP contribution is -2.24. The van der Waals surface area contributed by atoms with Gasteiger partial charge in [0.05, 0.1) is 6.61 Å². The highest BCUT2D eigenvalue weighted by Gasteiger charge is 2.19. The van der Waals surface area contributed by atoms with Gasteiger partial charge in [0.25, 0.3) is 0 Å². The third-order valence-electron chi connectivity index (χ3n) is 5.61. The van der Waals surface area contributed by atoms with Crippen LogP contribution >= 0.6 is 0 Å². The quantitative estimate of drug-likeness (QED) is 0.513. The summed E-state index contributed by atoms with van der Waals surface area (Å²) in [6.07, 6.45) is 9.51. The molecule has 0 saturated carbocycles.